The van der Waals surface area contributed by atoms with Crippen molar-refractivity contribution in [1.82, 2.24) is 9.80 Å². The van der Waals surface area contributed by atoms with Crippen molar-refractivity contribution in [3.05, 3.63) is 0 Å². The van der Waals surface area contributed by atoms with Crippen molar-refractivity contribution in [2.24, 2.45) is 11.8 Å². The predicted octanol–water partition coefficient (Wildman–Crippen LogP) is 0.990. The number of rotatable bonds is 2. The Bertz CT molecular complexity index is 297. The van der Waals surface area contributed by atoms with Gasteiger partial charge in [0.15, 0.2) is 0 Å². The highest BCUT2D eigenvalue weighted by Gasteiger charge is 2.34. The van der Waals surface area contributed by atoms with Gasteiger partial charge in [-0.15, -0.1) is 0 Å². The molecular weight excluding hydrogens is 240 g/mol. The topological polar surface area (TPSA) is 43.8 Å². The van der Waals surface area contributed by atoms with Crippen molar-refractivity contribution in [2.45, 2.75) is 38.7 Å². The van der Waals surface area contributed by atoms with Crippen LogP contribution in [0.3, 0.4) is 0 Å². The molecule has 2 aliphatic rings. The van der Waals surface area contributed by atoms with Gasteiger partial charge in [-0.2, -0.15) is 0 Å². The zero-order valence-electron chi connectivity index (χ0n) is 12.3. The lowest BCUT2D eigenvalue weighted by Gasteiger charge is -2.30. The van der Waals surface area contributed by atoms with Crippen molar-refractivity contribution in [3.63, 3.8) is 0 Å². The summed E-state index contributed by atoms with van der Waals surface area (Å²) in [5.41, 5.74) is 0. The molecule has 0 spiro atoms. The van der Waals surface area contributed by atoms with Crippen molar-refractivity contribution in [1.29, 1.82) is 0 Å². The molecule has 110 valence electrons. The maximum absolute atomic E-state index is 12.4. The molecule has 3 unspecified atom stereocenters. The molecule has 0 amide bonds. The van der Waals surface area contributed by atoms with Crippen LogP contribution in [0.25, 0.3) is 0 Å². The highest BCUT2D eigenvalue weighted by atomic mass is 16.3. The van der Waals surface area contributed by atoms with Gasteiger partial charge >= 0.3 is 0 Å². The number of aliphatic hydroxyl groups is 1. The molecule has 0 radical (unpaired) electrons. The smallest absolute Gasteiger partial charge is 0.137 e. The summed E-state index contributed by atoms with van der Waals surface area (Å²) in [5, 5.41) is 10.0. The molecule has 4 nitrogen and oxygen atoms in total. The molecule has 2 aliphatic heterocycles. The van der Waals surface area contributed by atoms with E-state index in [1.807, 2.05) is 0 Å². The Morgan fingerprint density at radius 1 is 1.32 bits per heavy atom. The molecule has 2 heterocycles. The molecule has 4 heteroatoms. The number of ketones is 1. The number of hydrogen-bond donors (Lipinski definition) is 1. The lowest BCUT2D eigenvalue weighted by atomic mass is 9.83. The summed E-state index contributed by atoms with van der Waals surface area (Å²) in [6.07, 6.45) is 3.11. The van der Waals surface area contributed by atoms with E-state index in [9.17, 15) is 9.90 Å². The van der Waals surface area contributed by atoms with Gasteiger partial charge < -0.3 is 14.9 Å². The quantitative estimate of drug-likeness (QED) is 0.811. The second-order valence-corrected chi connectivity index (χ2v) is 6.27. The van der Waals surface area contributed by atoms with E-state index in [1.54, 1.807) is 0 Å². The van der Waals surface area contributed by atoms with E-state index in [-0.39, 0.29) is 12.0 Å². The van der Waals surface area contributed by atoms with E-state index < -0.39 is 0 Å². The zero-order chi connectivity index (χ0) is 13.8. The number of likely N-dealkylation sites (tertiary alicyclic amines) is 2. The zero-order valence-corrected chi connectivity index (χ0v) is 12.3. The van der Waals surface area contributed by atoms with Crippen LogP contribution in [-0.2, 0) is 4.79 Å². The van der Waals surface area contributed by atoms with E-state index in [1.165, 1.54) is 0 Å². The van der Waals surface area contributed by atoms with E-state index in [0.29, 0.717) is 11.7 Å². The molecule has 2 rings (SSSR count). The Labute approximate surface area is 116 Å². The van der Waals surface area contributed by atoms with Crippen molar-refractivity contribution in [3.8, 4) is 0 Å². The summed E-state index contributed by atoms with van der Waals surface area (Å²) in [4.78, 5) is 17.0. The molecule has 1 N–H and O–H groups in total. The van der Waals surface area contributed by atoms with Crippen LogP contribution in [0.4, 0.5) is 0 Å². The first-order chi connectivity index (χ1) is 9.10. The highest BCUT2D eigenvalue weighted by molar-refractivity contribution is 5.81. The van der Waals surface area contributed by atoms with Gasteiger partial charge in [-0.25, -0.2) is 0 Å². The molecule has 0 saturated carbocycles. The van der Waals surface area contributed by atoms with Crippen LogP contribution in [0.2, 0.25) is 0 Å². The van der Waals surface area contributed by atoms with Gasteiger partial charge in [0.25, 0.3) is 0 Å². The Morgan fingerprint density at radius 2 is 2.11 bits per heavy atom. The van der Waals surface area contributed by atoms with Gasteiger partial charge in [0, 0.05) is 32.0 Å². The molecule has 19 heavy (non-hydrogen) atoms. The number of aliphatic hydroxyl groups excluding tert-OH is 1. The average Bonchev–Trinajstić information content (AvgIpc) is 2.66. The fraction of sp³-hybridized carbons (Fsp3) is 0.933. The van der Waals surface area contributed by atoms with E-state index >= 15 is 0 Å². The molecule has 0 aromatic heterocycles. The summed E-state index contributed by atoms with van der Waals surface area (Å²) in [6, 6.07) is 0. The lowest BCUT2D eigenvalue weighted by Crippen LogP contribution is -2.39. The third-order valence-corrected chi connectivity index (χ3v) is 4.75. The Kier molecular flexibility index (Phi) is 5.37. The summed E-state index contributed by atoms with van der Waals surface area (Å²) in [7, 11) is 2.10. The van der Waals surface area contributed by atoms with Crippen LogP contribution in [0.15, 0.2) is 0 Å². The summed E-state index contributed by atoms with van der Waals surface area (Å²) < 4.78 is 0. The lowest BCUT2D eigenvalue weighted by molar-refractivity contribution is -0.124. The van der Waals surface area contributed by atoms with Crippen LogP contribution in [0.5, 0.6) is 0 Å². The van der Waals surface area contributed by atoms with Gasteiger partial charge in [0.2, 0.25) is 0 Å². The Balaban J connectivity index is 2.08. The molecule has 0 bridgehead atoms. The minimum atomic E-state index is -0.235. The molecule has 0 aromatic carbocycles. The van der Waals surface area contributed by atoms with Crippen LogP contribution < -0.4 is 0 Å². The first-order valence-electron chi connectivity index (χ1n) is 7.71. The monoisotopic (exact) mass is 268 g/mol. The standard InChI is InChI=1S/C15H28N2O2/c1-3-17-7-4-5-15(19)14(11-17)12-9-13(18)6-8-16(2)10-12/h12-14,18H,3-11H2,1-2H3. The molecule has 2 saturated heterocycles. The molecule has 3 atom stereocenters. The van der Waals surface area contributed by atoms with Gasteiger partial charge in [-0.3, -0.25) is 4.79 Å². The summed E-state index contributed by atoms with van der Waals surface area (Å²) >= 11 is 0. The fourth-order valence-electron chi connectivity index (χ4n) is 3.53. The molecule has 0 aromatic rings. The van der Waals surface area contributed by atoms with E-state index in [4.69, 9.17) is 0 Å². The predicted molar refractivity (Wildman–Crippen MR) is 76.1 cm³/mol. The van der Waals surface area contributed by atoms with Crippen LogP contribution in [-0.4, -0.2) is 66.6 Å². The average molecular weight is 268 g/mol. The minimum Gasteiger partial charge on any atom is -0.393 e. The van der Waals surface area contributed by atoms with E-state index in [0.717, 1.165) is 58.4 Å². The van der Waals surface area contributed by atoms with Crippen LogP contribution >= 0.6 is 0 Å². The number of carbonyl (C=O) groups is 1. The van der Waals surface area contributed by atoms with Crippen LogP contribution in [0.1, 0.15) is 32.6 Å². The van der Waals surface area contributed by atoms with Gasteiger partial charge in [-0.05, 0) is 45.3 Å². The first kappa shape index (κ1) is 14.9. The third kappa shape index (κ3) is 4.01. The van der Waals surface area contributed by atoms with Gasteiger partial charge in [-0.1, -0.05) is 6.92 Å². The third-order valence-electron chi connectivity index (χ3n) is 4.75. The molecular formula is C15H28N2O2. The van der Waals surface area contributed by atoms with Crippen molar-refractivity contribution >= 4 is 5.78 Å². The largest absolute Gasteiger partial charge is 0.393 e. The summed E-state index contributed by atoms with van der Waals surface area (Å²) in [6.45, 7) is 7.02. The number of Topliss-reactive ketones (excluding diaryl/α,β-unsaturated/α-hetero) is 1. The van der Waals surface area contributed by atoms with Crippen molar-refractivity contribution in [2.75, 3.05) is 39.8 Å². The molecule has 2 fully saturated rings. The van der Waals surface area contributed by atoms with Gasteiger partial charge in [0.05, 0.1) is 6.10 Å². The van der Waals surface area contributed by atoms with E-state index in [2.05, 4.69) is 23.8 Å². The Hall–Kier alpha value is -0.450. The highest BCUT2D eigenvalue weighted by Crippen LogP contribution is 2.28. The molecule has 0 aliphatic carbocycles. The second-order valence-electron chi connectivity index (χ2n) is 6.27. The maximum Gasteiger partial charge on any atom is 0.137 e. The number of nitrogens with zero attached hydrogens (tertiary/aromatic N) is 2. The fourth-order valence-corrected chi connectivity index (χ4v) is 3.53. The normalized spacial score (nSPS) is 35.9. The van der Waals surface area contributed by atoms with Crippen LogP contribution in [0, 0.1) is 11.8 Å². The Morgan fingerprint density at radius 3 is 2.84 bits per heavy atom. The van der Waals surface area contributed by atoms with Crippen molar-refractivity contribution < 1.29 is 9.90 Å². The summed E-state index contributed by atoms with van der Waals surface area (Å²) in [5.74, 6) is 0.864. The number of carbonyl (C=O) groups excluding carboxylic acids is 1. The number of hydrogen-bond acceptors (Lipinski definition) is 4. The first-order valence-corrected chi connectivity index (χ1v) is 7.71. The second kappa shape index (κ2) is 6.82. The van der Waals surface area contributed by atoms with Gasteiger partial charge in [0.1, 0.15) is 5.78 Å². The SMILES string of the molecule is CCN1CCCC(=O)C(C2CC(O)CCN(C)C2)C1. The maximum atomic E-state index is 12.4. The minimum absolute atomic E-state index is 0.123.